The molecule has 0 aromatic heterocycles. The molecular weight excluding hydrogens is 304 g/mol. The smallest absolute Gasteiger partial charge is 0.227 e. The Bertz CT molecular complexity index is 572. The number of rotatable bonds is 4. The molecule has 0 radical (unpaired) electrons. The van der Waals surface area contributed by atoms with Crippen LogP contribution in [0.15, 0.2) is 24.3 Å². The maximum atomic E-state index is 12.2. The van der Waals surface area contributed by atoms with E-state index in [1.807, 2.05) is 12.1 Å². The van der Waals surface area contributed by atoms with Gasteiger partial charge in [0, 0.05) is 26.1 Å². The molecule has 1 aromatic rings. The van der Waals surface area contributed by atoms with E-state index in [0.717, 1.165) is 19.4 Å². The fourth-order valence-corrected chi connectivity index (χ4v) is 3.19. The average Bonchev–Trinajstić information content (AvgIpc) is 3.15. The van der Waals surface area contributed by atoms with E-state index in [0.29, 0.717) is 23.8 Å². The molecule has 1 N–H and O–H groups in total. The third-order valence-electron chi connectivity index (χ3n) is 4.17. The van der Waals surface area contributed by atoms with Gasteiger partial charge in [-0.25, -0.2) is 0 Å². The number of hydrogen-bond donors (Lipinski definition) is 1. The molecule has 118 valence electrons. The highest BCUT2D eigenvalue weighted by Crippen LogP contribution is 2.31. The number of ether oxygens (including phenoxy) is 1. The van der Waals surface area contributed by atoms with Crippen LogP contribution in [0.4, 0.5) is 5.69 Å². The highest BCUT2D eigenvalue weighted by Gasteiger charge is 2.36. The summed E-state index contributed by atoms with van der Waals surface area (Å²) in [5.74, 6) is -0.478. The number of benzene rings is 1. The van der Waals surface area contributed by atoms with E-state index in [4.69, 9.17) is 16.3 Å². The summed E-state index contributed by atoms with van der Waals surface area (Å²) in [6, 6.07) is 7.19. The van der Waals surface area contributed by atoms with Gasteiger partial charge >= 0.3 is 0 Å². The first-order valence-electron chi connectivity index (χ1n) is 7.59. The van der Waals surface area contributed by atoms with Crippen molar-refractivity contribution in [2.24, 2.45) is 5.92 Å². The molecule has 2 aliphatic heterocycles. The molecule has 3 rings (SSSR count). The van der Waals surface area contributed by atoms with Crippen molar-refractivity contribution in [2.75, 3.05) is 24.6 Å². The summed E-state index contributed by atoms with van der Waals surface area (Å²) >= 11 is 6.13. The van der Waals surface area contributed by atoms with E-state index in [-0.39, 0.29) is 30.3 Å². The Balaban J connectivity index is 1.59. The van der Waals surface area contributed by atoms with Gasteiger partial charge in [-0.15, -0.1) is 0 Å². The van der Waals surface area contributed by atoms with Crippen LogP contribution in [-0.4, -0.2) is 37.6 Å². The van der Waals surface area contributed by atoms with Crippen LogP contribution in [0.5, 0.6) is 0 Å². The van der Waals surface area contributed by atoms with Gasteiger partial charge in [-0.1, -0.05) is 23.7 Å². The number of carbonyl (C=O) groups is 2. The molecule has 2 fully saturated rings. The third-order valence-corrected chi connectivity index (χ3v) is 4.49. The number of anilines is 1. The van der Waals surface area contributed by atoms with E-state index in [1.54, 1.807) is 17.0 Å². The summed E-state index contributed by atoms with van der Waals surface area (Å²) in [7, 11) is 0. The lowest BCUT2D eigenvalue weighted by Crippen LogP contribution is -2.37. The lowest BCUT2D eigenvalue weighted by molar-refractivity contribution is -0.126. The van der Waals surface area contributed by atoms with Gasteiger partial charge in [0.15, 0.2) is 0 Å². The Morgan fingerprint density at radius 3 is 2.95 bits per heavy atom. The first-order chi connectivity index (χ1) is 10.6. The van der Waals surface area contributed by atoms with Gasteiger partial charge < -0.3 is 15.0 Å². The molecule has 0 bridgehead atoms. The fourth-order valence-electron chi connectivity index (χ4n) is 2.95. The van der Waals surface area contributed by atoms with Crippen LogP contribution in [0.1, 0.15) is 19.3 Å². The monoisotopic (exact) mass is 322 g/mol. The minimum Gasteiger partial charge on any atom is -0.376 e. The van der Waals surface area contributed by atoms with E-state index in [2.05, 4.69) is 5.32 Å². The van der Waals surface area contributed by atoms with E-state index in [1.165, 1.54) is 0 Å². The first kappa shape index (κ1) is 15.3. The molecule has 2 heterocycles. The first-order valence-corrected chi connectivity index (χ1v) is 7.97. The Morgan fingerprint density at radius 1 is 1.41 bits per heavy atom. The second-order valence-corrected chi connectivity index (χ2v) is 6.14. The summed E-state index contributed by atoms with van der Waals surface area (Å²) < 4.78 is 5.48. The van der Waals surface area contributed by atoms with Gasteiger partial charge in [0.1, 0.15) is 0 Å². The molecule has 0 saturated carbocycles. The van der Waals surface area contributed by atoms with Gasteiger partial charge in [-0.2, -0.15) is 0 Å². The largest absolute Gasteiger partial charge is 0.376 e. The average molecular weight is 323 g/mol. The normalized spacial score (nSPS) is 24.8. The van der Waals surface area contributed by atoms with Crippen LogP contribution in [0.3, 0.4) is 0 Å². The molecule has 6 heteroatoms. The van der Waals surface area contributed by atoms with Gasteiger partial charge in [-0.05, 0) is 25.0 Å². The molecule has 2 saturated heterocycles. The number of halogens is 1. The Hall–Kier alpha value is -1.59. The summed E-state index contributed by atoms with van der Waals surface area (Å²) in [5, 5.41) is 3.42. The second kappa shape index (κ2) is 6.67. The maximum Gasteiger partial charge on any atom is 0.227 e. The molecule has 2 amide bonds. The minimum atomic E-state index is -0.329. The Kier molecular flexibility index (Phi) is 4.64. The fraction of sp³-hybridized carbons (Fsp3) is 0.500. The number of carbonyl (C=O) groups excluding carboxylic acids is 2. The van der Waals surface area contributed by atoms with Crippen LogP contribution in [-0.2, 0) is 14.3 Å². The van der Waals surface area contributed by atoms with Gasteiger partial charge in [0.2, 0.25) is 11.8 Å². The van der Waals surface area contributed by atoms with Crippen molar-refractivity contribution in [1.82, 2.24) is 5.32 Å². The highest BCUT2D eigenvalue weighted by atomic mass is 35.5. The number of para-hydroxylation sites is 1. The second-order valence-electron chi connectivity index (χ2n) is 5.74. The molecule has 0 aliphatic carbocycles. The molecule has 0 unspecified atom stereocenters. The van der Waals surface area contributed by atoms with Crippen molar-refractivity contribution in [3.05, 3.63) is 29.3 Å². The topological polar surface area (TPSA) is 58.6 Å². The van der Waals surface area contributed by atoms with Crippen LogP contribution in [0.25, 0.3) is 0 Å². The summed E-state index contributed by atoms with van der Waals surface area (Å²) in [5.41, 5.74) is 0.670. The van der Waals surface area contributed by atoms with Crippen LogP contribution < -0.4 is 10.2 Å². The Labute approximate surface area is 134 Å². The van der Waals surface area contributed by atoms with Gasteiger partial charge in [-0.3, -0.25) is 9.59 Å². The lowest BCUT2D eigenvalue weighted by atomic mass is 10.1. The van der Waals surface area contributed by atoms with Crippen molar-refractivity contribution < 1.29 is 14.3 Å². The predicted molar refractivity (Wildman–Crippen MR) is 83.9 cm³/mol. The lowest BCUT2D eigenvalue weighted by Gasteiger charge is -2.18. The SMILES string of the molecule is O=C(NC[C@H]1CCCO1)[C@@H]1CC(=O)N(c2ccccc2Cl)C1. The highest BCUT2D eigenvalue weighted by molar-refractivity contribution is 6.33. The van der Waals surface area contributed by atoms with Crippen molar-refractivity contribution in [3.63, 3.8) is 0 Å². The van der Waals surface area contributed by atoms with Crippen LogP contribution >= 0.6 is 11.6 Å². The molecule has 2 aliphatic rings. The maximum absolute atomic E-state index is 12.2. The number of nitrogens with one attached hydrogen (secondary N) is 1. The molecule has 1 aromatic carbocycles. The summed E-state index contributed by atoms with van der Waals surface area (Å²) in [6.07, 6.45) is 2.36. The van der Waals surface area contributed by atoms with Gasteiger partial charge in [0.25, 0.3) is 0 Å². The third kappa shape index (κ3) is 3.25. The van der Waals surface area contributed by atoms with Gasteiger partial charge in [0.05, 0.1) is 22.7 Å². The van der Waals surface area contributed by atoms with Crippen LogP contribution in [0, 0.1) is 5.92 Å². The number of amides is 2. The summed E-state index contributed by atoms with van der Waals surface area (Å²) in [4.78, 5) is 26.0. The molecular formula is C16H19ClN2O3. The number of hydrogen-bond acceptors (Lipinski definition) is 3. The van der Waals surface area contributed by atoms with Crippen molar-refractivity contribution in [2.45, 2.75) is 25.4 Å². The van der Waals surface area contributed by atoms with Crippen molar-refractivity contribution in [3.8, 4) is 0 Å². The zero-order valence-corrected chi connectivity index (χ0v) is 13.0. The zero-order valence-electron chi connectivity index (χ0n) is 12.3. The molecule has 5 nitrogen and oxygen atoms in total. The minimum absolute atomic E-state index is 0.0645. The molecule has 22 heavy (non-hydrogen) atoms. The summed E-state index contributed by atoms with van der Waals surface area (Å²) in [6.45, 7) is 1.66. The predicted octanol–water partition coefficient (Wildman–Crippen LogP) is 1.99. The Morgan fingerprint density at radius 2 is 2.23 bits per heavy atom. The zero-order chi connectivity index (χ0) is 15.5. The molecule has 2 atom stereocenters. The standard InChI is InChI=1S/C16H19ClN2O3/c17-13-5-1-2-6-14(13)19-10-11(8-15(19)20)16(21)18-9-12-4-3-7-22-12/h1-2,5-6,11-12H,3-4,7-10H2,(H,18,21)/t11-,12-/m1/s1. The van der Waals surface area contributed by atoms with Crippen LogP contribution in [0.2, 0.25) is 5.02 Å². The quantitative estimate of drug-likeness (QED) is 0.922. The molecule has 0 spiro atoms. The van der Waals surface area contributed by atoms with Crippen molar-refractivity contribution in [1.29, 1.82) is 0 Å². The van der Waals surface area contributed by atoms with E-state index < -0.39 is 0 Å². The number of nitrogens with zero attached hydrogens (tertiary/aromatic N) is 1. The van der Waals surface area contributed by atoms with E-state index in [9.17, 15) is 9.59 Å². The van der Waals surface area contributed by atoms with Crippen molar-refractivity contribution >= 4 is 29.1 Å². The van der Waals surface area contributed by atoms with E-state index >= 15 is 0 Å².